The van der Waals surface area contributed by atoms with E-state index in [-0.39, 0.29) is 6.04 Å². The Kier molecular flexibility index (Phi) is 4.01. The molecule has 0 spiro atoms. The van der Waals surface area contributed by atoms with Gasteiger partial charge >= 0.3 is 0 Å². The molecule has 1 aromatic heterocycles. The summed E-state index contributed by atoms with van der Waals surface area (Å²) in [7, 11) is -3.36. The van der Waals surface area contributed by atoms with Crippen molar-refractivity contribution in [2.45, 2.75) is 36.4 Å². The van der Waals surface area contributed by atoms with Gasteiger partial charge in [-0.25, -0.2) is 8.42 Å². The fourth-order valence-electron chi connectivity index (χ4n) is 3.36. The van der Waals surface area contributed by atoms with Crippen LogP contribution in [-0.2, 0) is 10.0 Å². The molecule has 20 heavy (non-hydrogen) atoms. The third-order valence-corrected chi connectivity index (χ3v) is 8.97. The predicted octanol–water partition coefficient (Wildman–Crippen LogP) is 2.57. The van der Waals surface area contributed by atoms with E-state index >= 15 is 0 Å². The Hall–Kier alpha value is 0.0500. The fourth-order valence-corrected chi connectivity index (χ4v) is 7.27. The number of hydrogen-bond donors (Lipinski definition) is 1. The van der Waals surface area contributed by atoms with Crippen molar-refractivity contribution in [1.29, 1.82) is 0 Å². The average Bonchev–Trinajstić information content (AvgIpc) is 2.96. The van der Waals surface area contributed by atoms with Gasteiger partial charge in [-0.1, -0.05) is 6.42 Å². The van der Waals surface area contributed by atoms with Crippen molar-refractivity contribution >= 4 is 37.3 Å². The summed E-state index contributed by atoms with van der Waals surface area (Å²) in [6.07, 6.45) is 3.26. The van der Waals surface area contributed by atoms with Crippen LogP contribution < -0.4 is 5.73 Å². The Balaban J connectivity index is 1.86. The van der Waals surface area contributed by atoms with Gasteiger partial charge < -0.3 is 5.73 Å². The molecule has 3 atom stereocenters. The molecule has 4 nitrogen and oxygen atoms in total. The summed E-state index contributed by atoms with van der Waals surface area (Å²) in [5, 5.41) is 0. The minimum atomic E-state index is -3.36. The van der Waals surface area contributed by atoms with Crippen molar-refractivity contribution < 1.29 is 8.42 Å². The van der Waals surface area contributed by atoms with Crippen molar-refractivity contribution in [3.05, 3.63) is 15.4 Å². The first-order valence-electron chi connectivity index (χ1n) is 6.91. The molecule has 2 N–H and O–H groups in total. The van der Waals surface area contributed by atoms with Gasteiger partial charge in [-0.3, -0.25) is 0 Å². The Labute approximate surface area is 132 Å². The van der Waals surface area contributed by atoms with Gasteiger partial charge in [0.05, 0.1) is 3.79 Å². The van der Waals surface area contributed by atoms with E-state index in [4.69, 9.17) is 5.73 Å². The van der Waals surface area contributed by atoms with Gasteiger partial charge in [0.15, 0.2) is 0 Å². The van der Waals surface area contributed by atoms with Gasteiger partial charge in [-0.05, 0) is 59.2 Å². The van der Waals surface area contributed by atoms with E-state index < -0.39 is 10.0 Å². The van der Waals surface area contributed by atoms with E-state index in [1.807, 2.05) is 6.92 Å². The summed E-state index contributed by atoms with van der Waals surface area (Å²) >= 11 is 4.70. The zero-order chi connectivity index (χ0) is 14.5. The lowest BCUT2D eigenvalue weighted by molar-refractivity contribution is 0.260. The molecule has 2 fully saturated rings. The maximum atomic E-state index is 12.7. The van der Waals surface area contributed by atoms with E-state index in [1.165, 1.54) is 11.3 Å². The van der Waals surface area contributed by atoms with Gasteiger partial charge in [0.1, 0.15) is 4.21 Å². The molecule has 2 heterocycles. The summed E-state index contributed by atoms with van der Waals surface area (Å²) in [6, 6.07) is 1.91. The van der Waals surface area contributed by atoms with Crippen LogP contribution in [0.5, 0.6) is 0 Å². The van der Waals surface area contributed by atoms with E-state index in [0.29, 0.717) is 29.1 Å². The molecule has 0 radical (unpaired) electrons. The lowest BCUT2D eigenvalue weighted by atomic mass is 9.78. The molecule has 7 heteroatoms. The van der Waals surface area contributed by atoms with Crippen molar-refractivity contribution in [2.24, 2.45) is 17.6 Å². The van der Waals surface area contributed by atoms with Gasteiger partial charge in [0.25, 0.3) is 10.0 Å². The summed E-state index contributed by atoms with van der Waals surface area (Å²) in [4.78, 5) is 0. The van der Waals surface area contributed by atoms with Crippen LogP contribution in [0, 0.1) is 18.8 Å². The summed E-state index contributed by atoms with van der Waals surface area (Å²) in [6.45, 7) is 3.14. The molecule has 0 aromatic carbocycles. The second-order valence-electron chi connectivity index (χ2n) is 5.86. The van der Waals surface area contributed by atoms with Crippen LogP contribution in [0.1, 0.15) is 24.8 Å². The minimum Gasteiger partial charge on any atom is -0.327 e. The van der Waals surface area contributed by atoms with Crippen LogP contribution in [0.15, 0.2) is 14.1 Å². The van der Waals surface area contributed by atoms with Crippen LogP contribution in [0.2, 0.25) is 0 Å². The zero-order valence-corrected chi connectivity index (χ0v) is 14.6. The number of sulfonamides is 1. The van der Waals surface area contributed by atoms with Crippen LogP contribution in [0.25, 0.3) is 0 Å². The number of fused-ring (bicyclic) bond motifs is 1. The molecule has 3 rings (SSSR count). The molecule has 1 saturated heterocycles. The van der Waals surface area contributed by atoms with E-state index in [1.54, 1.807) is 10.4 Å². The topological polar surface area (TPSA) is 63.4 Å². The van der Waals surface area contributed by atoms with E-state index in [9.17, 15) is 8.42 Å². The molecule has 112 valence electrons. The molecule has 1 aromatic rings. The highest BCUT2D eigenvalue weighted by Crippen LogP contribution is 2.39. The summed E-state index contributed by atoms with van der Waals surface area (Å²) < 4.78 is 28.4. The Morgan fingerprint density at radius 2 is 2.15 bits per heavy atom. The Bertz CT molecular complexity index is 594. The molecule has 2 aliphatic rings. The molecule has 1 aliphatic heterocycles. The van der Waals surface area contributed by atoms with Crippen molar-refractivity contribution in [3.63, 3.8) is 0 Å². The number of hydrogen-bond acceptors (Lipinski definition) is 4. The average molecular weight is 379 g/mol. The number of rotatable bonds is 2. The van der Waals surface area contributed by atoms with Gasteiger partial charge in [0, 0.05) is 19.1 Å². The number of aryl methyl sites for hydroxylation is 1. The number of halogens is 1. The Morgan fingerprint density at radius 1 is 1.40 bits per heavy atom. The van der Waals surface area contributed by atoms with Crippen molar-refractivity contribution in [2.75, 3.05) is 13.1 Å². The highest BCUT2D eigenvalue weighted by Gasteiger charge is 2.43. The smallest absolute Gasteiger partial charge is 0.252 e. The molecule has 1 aliphatic carbocycles. The maximum absolute atomic E-state index is 12.7. The quantitative estimate of drug-likeness (QED) is 0.859. The summed E-state index contributed by atoms with van der Waals surface area (Å²) in [5.74, 6) is 0.779. The van der Waals surface area contributed by atoms with Crippen molar-refractivity contribution in [3.8, 4) is 0 Å². The van der Waals surface area contributed by atoms with Crippen LogP contribution in [0.4, 0.5) is 0 Å². The third-order valence-electron chi connectivity index (χ3n) is 4.55. The molecule has 0 bridgehead atoms. The first-order chi connectivity index (χ1) is 9.39. The van der Waals surface area contributed by atoms with Gasteiger partial charge in [-0.15, -0.1) is 11.3 Å². The summed E-state index contributed by atoms with van der Waals surface area (Å²) in [5.41, 5.74) is 7.14. The fraction of sp³-hybridized carbons (Fsp3) is 0.692. The SMILES string of the molecule is Cc1cc(S(=O)(=O)N2CC3CCCC(N)C3C2)sc1Br. The molecular formula is C13H19BrN2O2S2. The van der Waals surface area contributed by atoms with E-state index in [2.05, 4.69) is 15.9 Å². The van der Waals surface area contributed by atoms with Gasteiger partial charge in [-0.2, -0.15) is 4.31 Å². The largest absolute Gasteiger partial charge is 0.327 e. The third kappa shape index (κ3) is 2.47. The number of thiophene rings is 1. The monoisotopic (exact) mass is 378 g/mol. The predicted molar refractivity (Wildman–Crippen MR) is 84.3 cm³/mol. The van der Waals surface area contributed by atoms with Gasteiger partial charge in [0.2, 0.25) is 0 Å². The normalized spacial score (nSPS) is 31.4. The lowest BCUT2D eigenvalue weighted by Gasteiger charge is -2.29. The zero-order valence-electron chi connectivity index (χ0n) is 11.4. The number of nitrogens with two attached hydrogens (primary N) is 1. The molecule has 3 unspecified atom stereocenters. The molecular weight excluding hydrogens is 360 g/mol. The molecule has 0 amide bonds. The number of nitrogens with zero attached hydrogens (tertiary/aromatic N) is 1. The van der Waals surface area contributed by atoms with Crippen molar-refractivity contribution in [1.82, 2.24) is 4.31 Å². The van der Waals surface area contributed by atoms with E-state index in [0.717, 1.165) is 28.6 Å². The molecule has 1 saturated carbocycles. The first-order valence-corrected chi connectivity index (χ1v) is 9.96. The van der Waals surface area contributed by atoms with Crippen LogP contribution >= 0.6 is 27.3 Å². The minimum absolute atomic E-state index is 0.158. The highest BCUT2D eigenvalue weighted by molar-refractivity contribution is 9.11. The second kappa shape index (κ2) is 5.35. The van der Waals surface area contributed by atoms with Crippen LogP contribution in [0.3, 0.4) is 0 Å². The standard InChI is InChI=1S/C13H19BrN2O2S2/c1-8-5-12(19-13(8)14)20(17,18)16-6-9-3-2-4-11(15)10(9)7-16/h5,9-11H,2-4,6-7,15H2,1H3. The highest BCUT2D eigenvalue weighted by atomic mass is 79.9. The maximum Gasteiger partial charge on any atom is 0.252 e. The second-order valence-corrected chi connectivity index (χ2v) is 10.4. The lowest BCUT2D eigenvalue weighted by Crippen LogP contribution is -2.38. The Morgan fingerprint density at radius 3 is 2.75 bits per heavy atom. The van der Waals surface area contributed by atoms with Crippen LogP contribution in [-0.4, -0.2) is 31.9 Å². The first kappa shape index (κ1) is 15.0.